The van der Waals surface area contributed by atoms with Crippen molar-refractivity contribution in [2.45, 2.75) is 11.3 Å². The molecule has 1 aromatic rings. The molecule has 1 aromatic carbocycles. The Bertz CT molecular complexity index is 581. The van der Waals surface area contributed by atoms with Crippen LogP contribution in [0, 0.1) is 11.3 Å². The van der Waals surface area contributed by atoms with Crippen LogP contribution in [0.3, 0.4) is 0 Å². The van der Waals surface area contributed by atoms with Crippen LogP contribution in [-0.4, -0.2) is 39.9 Å². The molecule has 5 nitrogen and oxygen atoms in total. The van der Waals surface area contributed by atoms with E-state index in [1.807, 2.05) is 13.1 Å². The maximum absolute atomic E-state index is 12.3. The summed E-state index contributed by atoms with van der Waals surface area (Å²) in [4.78, 5) is 0.0279. The minimum Gasteiger partial charge on any atom is -0.320 e. The minimum atomic E-state index is -3.61. The lowest BCUT2D eigenvalue weighted by atomic mass is 10.2. The summed E-state index contributed by atoms with van der Waals surface area (Å²) in [6, 6.07) is 6.08. The lowest BCUT2D eigenvalue weighted by molar-refractivity contribution is 0.458. The van der Waals surface area contributed by atoms with Crippen LogP contribution < -0.4 is 5.32 Å². The zero-order valence-electron chi connectivity index (χ0n) is 10.9. The standard InChI is InChI=1S/C12H16ClN3O2S/c1-15-6-3-7-16(2)19(17,18)12-5-4-10(9-14)8-11(12)13/h4-5,8,15H,3,6-7H2,1-2H3. The minimum absolute atomic E-state index is 0.0279. The van der Waals surface area contributed by atoms with Crippen molar-refractivity contribution in [3.8, 4) is 6.07 Å². The highest BCUT2D eigenvalue weighted by Gasteiger charge is 2.23. The zero-order chi connectivity index (χ0) is 14.5. The van der Waals surface area contributed by atoms with Gasteiger partial charge in [0.15, 0.2) is 0 Å². The van der Waals surface area contributed by atoms with Gasteiger partial charge in [-0.3, -0.25) is 0 Å². The number of nitriles is 1. The summed E-state index contributed by atoms with van der Waals surface area (Å²) in [5.41, 5.74) is 0.335. The normalized spacial score (nSPS) is 11.5. The van der Waals surface area contributed by atoms with Gasteiger partial charge in [-0.1, -0.05) is 11.6 Å². The monoisotopic (exact) mass is 301 g/mol. The van der Waals surface area contributed by atoms with Gasteiger partial charge in [-0.05, 0) is 38.2 Å². The molecule has 0 aliphatic carbocycles. The summed E-state index contributed by atoms with van der Waals surface area (Å²) in [6.07, 6.45) is 0.708. The fraction of sp³-hybridized carbons (Fsp3) is 0.417. The third-order valence-corrected chi connectivity index (χ3v) is 4.99. The Morgan fingerprint density at radius 1 is 1.47 bits per heavy atom. The molecular weight excluding hydrogens is 286 g/mol. The van der Waals surface area contributed by atoms with Gasteiger partial charge in [-0.2, -0.15) is 5.26 Å². The summed E-state index contributed by atoms with van der Waals surface area (Å²) in [5.74, 6) is 0. The van der Waals surface area contributed by atoms with Crippen LogP contribution in [0.25, 0.3) is 0 Å². The van der Waals surface area contributed by atoms with Gasteiger partial charge in [0.05, 0.1) is 16.7 Å². The zero-order valence-corrected chi connectivity index (χ0v) is 12.4. The SMILES string of the molecule is CNCCCN(C)S(=O)(=O)c1ccc(C#N)cc1Cl. The third kappa shape index (κ3) is 3.91. The molecule has 0 aliphatic heterocycles. The average molecular weight is 302 g/mol. The first-order chi connectivity index (χ1) is 8.93. The van der Waals surface area contributed by atoms with Crippen molar-refractivity contribution < 1.29 is 8.42 Å². The second-order valence-corrected chi connectivity index (χ2v) is 6.46. The van der Waals surface area contributed by atoms with E-state index in [-0.39, 0.29) is 9.92 Å². The molecular formula is C12H16ClN3O2S. The van der Waals surface area contributed by atoms with Crippen molar-refractivity contribution in [1.29, 1.82) is 5.26 Å². The van der Waals surface area contributed by atoms with Crippen molar-refractivity contribution in [3.63, 3.8) is 0 Å². The molecule has 0 aromatic heterocycles. The van der Waals surface area contributed by atoms with Gasteiger partial charge >= 0.3 is 0 Å². The summed E-state index contributed by atoms with van der Waals surface area (Å²) in [7, 11) is -0.286. The molecule has 0 atom stereocenters. The molecule has 0 unspecified atom stereocenters. The number of rotatable bonds is 6. The first kappa shape index (κ1) is 15.9. The van der Waals surface area contributed by atoms with Gasteiger partial charge < -0.3 is 5.32 Å². The molecule has 0 aliphatic rings. The second kappa shape index (κ2) is 6.87. The molecule has 0 saturated carbocycles. The fourth-order valence-electron chi connectivity index (χ4n) is 1.55. The molecule has 1 N–H and O–H groups in total. The highest BCUT2D eigenvalue weighted by Crippen LogP contribution is 2.25. The quantitative estimate of drug-likeness (QED) is 0.807. The number of hydrogen-bond acceptors (Lipinski definition) is 4. The summed E-state index contributed by atoms with van der Waals surface area (Å²) >= 11 is 5.93. The topological polar surface area (TPSA) is 73.2 Å². The van der Waals surface area contributed by atoms with E-state index in [9.17, 15) is 8.42 Å². The van der Waals surface area contributed by atoms with E-state index in [1.165, 1.54) is 29.6 Å². The molecule has 0 bridgehead atoms. The number of sulfonamides is 1. The second-order valence-electron chi connectivity index (χ2n) is 4.04. The molecule has 0 spiro atoms. The van der Waals surface area contributed by atoms with E-state index in [0.717, 1.165) is 6.54 Å². The number of nitrogens with zero attached hydrogens (tertiary/aromatic N) is 2. The molecule has 0 radical (unpaired) electrons. The van der Waals surface area contributed by atoms with Crippen molar-refractivity contribution in [2.75, 3.05) is 27.2 Å². The van der Waals surface area contributed by atoms with E-state index in [2.05, 4.69) is 5.32 Å². The molecule has 7 heteroatoms. The summed E-state index contributed by atoms with van der Waals surface area (Å²) in [6.45, 7) is 1.14. The van der Waals surface area contributed by atoms with Crippen LogP contribution in [0.5, 0.6) is 0 Å². The smallest absolute Gasteiger partial charge is 0.244 e. The molecule has 19 heavy (non-hydrogen) atoms. The van der Waals surface area contributed by atoms with E-state index >= 15 is 0 Å². The Morgan fingerprint density at radius 2 is 2.16 bits per heavy atom. The van der Waals surface area contributed by atoms with E-state index < -0.39 is 10.0 Å². The molecule has 0 fully saturated rings. The Hall–Kier alpha value is -1.13. The summed E-state index contributed by atoms with van der Waals surface area (Å²) in [5, 5.41) is 11.8. The van der Waals surface area contributed by atoms with E-state index in [4.69, 9.17) is 16.9 Å². The molecule has 0 heterocycles. The average Bonchev–Trinajstić information content (AvgIpc) is 2.38. The first-order valence-electron chi connectivity index (χ1n) is 5.74. The molecule has 0 amide bonds. The van der Waals surface area contributed by atoms with Crippen LogP contribution in [0.15, 0.2) is 23.1 Å². The van der Waals surface area contributed by atoms with Crippen LogP contribution in [0.4, 0.5) is 0 Å². The van der Waals surface area contributed by atoms with Crippen molar-refractivity contribution in [2.24, 2.45) is 0 Å². The van der Waals surface area contributed by atoms with Crippen molar-refractivity contribution >= 4 is 21.6 Å². The maximum atomic E-state index is 12.3. The number of benzene rings is 1. The van der Waals surface area contributed by atoms with Gasteiger partial charge in [-0.15, -0.1) is 0 Å². The Morgan fingerprint density at radius 3 is 2.68 bits per heavy atom. The largest absolute Gasteiger partial charge is 0.320 e. The van der Waals surface area contributed by atoms with E-state index in [0.29, 0.717) is 18.5 Å². The fourth-order valence-corrected chi connectivity index (χ4v) is 3.27. The lowest BCUT2D eigenvalue weighted by Crippen LogP contribution is -2.29. The van der Waals surface area contributed by atoms with Gasteiger partial charge in [0.25, 0.3) is 0 Å². The molecule has 0 saturated heterocycles. The number of halogens is 1. The number of nitrogens with one attached hydrogen (secondary N) is 1. The van der Waals surface area contributed by atoms with Crippen molar-refractivity contribution in [1.82, 2.24) is 9.62 Å². The highest BCUT2D eigenvalue weighted by atomic mass is 35.5. The molecule has 104 valence electrons. The third-order valence-electron chi connectivity index (χ3n) is 2.65. The first-order valence-corrected chi connectivity index (χ1v) is 7.56. The highest BCUT2D eigenvalue weighted by molar-refractivity contribution is 7.89. The van der Waals surface area contributed by atoms with Crippen LogP contribution in [0.1, 0.15) is 12.0 Å². The maximum Gasteiger partial charge on any atom is 0.244 e. The van der Waals surface area contributed by atoms with Crippen LogP contribution in [0.2, 0.25) is 5.02 Å². The predicted octanol–water partition coefficient (Wildman–Crippen LogP) is 1.44. The molecule has 1 rings (SSSR count). The Labute approximate surface area is 118 Å². The van der Waals surface area contributed by atoms with Gasteiger partial charge in [0.2, 0.25) is 10.0 Å². The van der Waals surface area contributed by atoms with Gasteiger partial charge in [0.1, 0.15) is 4.90 Å². The van der Waals surface area contributed by atoms with E-state index in [1.54, 1.807) is 0 Å². The van der Waals surface area contributed by atoms with Crippen molar-refractivity contribution in [3.05, 3.63) is 28.8 Å². The van der Waals surface area contributed by atoms with Gasteiger partial charge in [-0.25, -0.2) is 12.7 Å². The van der Waals surface area contributed by atoms with Gasteiger partial charge in [0, 0.05) is 13.6 Å². The Balaban J connectivity index is 2.97. The predicted molar refractivity (Wildman–Crippen MR) is 74.5 cm³/mol. The number of hydrogen-bond donors (Lipinski definition) is 1. The Kier molecular flexibility index (Phi) is 5.76. The lowest BCUT2D eigenvalue weighted by Gasteiger charge is -2.17. The van der Waals surface area contributed by atoms with Crippen LogP contribution in [-0.2, 0) is 10.0 Å². The van der Waals surface area contributed by atoms with Crippen LogP contribution >= 0.6 is 11.6 Å². The summed E-state index contributed by atoms with van der Waals surface area (Å²) < 4.78 is 25.8.